The second-order valence-electron chi connectivity index (χ2n) is 3.75. The third-order valence-corrected chi connectivity index (χ3v) is 2.75. The zero-order chi connectivity index (χ0) is 11.5. The number of nitrogens with zero attached hydrogens (tertiary/aromatic N) is 2. The molecule has 1 aromatic heterocycles. The lowest BCUT2D eigenvalue weighted by Crippen LogP contribution is -2.05. The molecule has 2 N–H and O–H groups in total. The molecule has 1 aromatic carbocycles. The predicted molar refractivity (Wildman–Crippen MR) is 66.1 cm³/mol. The van der Waals surface area contributed by atoms with Gasteiger partial charge >= 0.3 is 0 Å². The van der Waals surface area contributed by atoms with Crippen molar-refractivity contribution in [2.45, 2.75) is 13.3 Å². The van der Waals surface area contributed by atoms with Gasteiger partial charge in [-0.15, -0.1) is 0 Å². The van der Waals surface area contributed by atoms with Crippen LogP contribution in [0.4, 0.5) is 0 Å². The van der Waals surface area contributed by atoms with E-state index < -0.39 is 0 Å². The van der Waals surface area contributed by atoms with Gasteiger partial charge in [-0.05, 0) is 43.1 Å². The summed E-state index contributed by atoms with van der Waals surface area (Å²) >= 11 is 5.83. The highest BCUT2D eigenvalue weighted by Crippen LogP contribution is 2.16. The number of nitrogens with two attached hydrogens (primary N) is 1. The monoisotopic (exact) mass is 235 g/mol. The Morgan fingerprint density at radius 3 is 2.81 bits per heavy atom. The Hall–Kier alpha value is -1.32. The maximum atomic E-state index is 5.83. The van der Waals surface area contributed by atoms with E-state index in [1.54, 1.807) is 17.1 Å². The lowest BCUT2D eigenvalue weighted by Gasteiger charge is -2.07. The fourth-order valence-electron chi connectivity index (χ4n) is 1.70. The van der Waals surface area contributed by atoms with Crippen molar-refractivity contribution in [2.24, 2.45) is 5.73 Å². The summed E-state index contributed by atoms with van der Waals surface area (Å²) in [6.07, 6.45) is 4.33. The highest BCUT2D eigenvalue weighted by molar-refractivity contribution is 6.30. The van der Waals surface area contributed by atoms with E-state index in [1.807, 2.05) is 6.07 Å². The Kier molecular flexibility index (Phi) is 3.27. The molecule has 0 aliphatic carbocycles. The molecule has 16 heavy (non-hydrogen) atoms. The van der Waals surface area contributed by atoms with Crippen molar-refractivity contribution in [2.75, 3.05) is 6.54 Å². The molecule has 0 atom stereocenters. The molecular formula is C12H14ClN3. The maximum absolute atomic E-state index is 5.83. The average molecular weight is 236 g/mol. The summed E-state index contributed by atoms with van der Waals surface area (Å²) in [4.78, 5) is 0. The summed E-state index contributed by atoms with van der Waals surface area (Å²) in [6.45, 7) is 2.76. The van der Waals surface area contributed by atoms with Gasteiger partial charge < -0.3 is 5.73 Å². The van der Waals surface area contributed by atoms with E-state index in [1.165, 1.54) is 11.1 Å². The summed E-state index contributed by atoms with van der Waals surface area (Å²) < 4.78 is 1.77. The van der Waals surface area contributed by atoms with Crippen molar-refractivity contribution >= 4 is 11.6 Å². The topological polar surface area (TPSA) is 43.8 Å². The molecule has 0 spiro atoms. The minimum Gasteiger partial charge on any atom is -0.330 e. The summed E-state index contributed by atoms with van der Waals surface area (Å²) in [6, 6.07) is 6.21. The Morgan fingerprint density at radius 1 is 1.44 bits per heavy atom. The quantitative estimate of drug-likeness (QED) is 0.888. The van der Waals surface area contributed by atoms with Gasteiger partial charge in [0.15, 0.2) is 0 Å². The van der Waals surface area contributed by atoms with Gasteiger partial charge in [0.2, 0.25) is 0 Å². The van der Waals surface area contributed by atoms with Gasteiger partial charge in [0.05, 0.1) is 16.9 Å². The Balaban J connectivity index is 2.34. The largest absolute Gasteiger partial charge is 0.330 e. The van der Waals surface area contributed by atoms with Crippen LogP contribution in [0.2, 0.25) is 5.02 Å². The molecule has 0 radical (unpaired) electrons. The highest BCUT2D eigenvalue weighted by atomic mass is 35.5. The molecule has 4 heteroatoms. The summed E-state index contributed by atoms with van der Waals surface area (Å²) in [5.41, 5.74) is 9.08. The number of benzene rings is 1. The first-order valence-corrected chi connectivity index (χ1v) is 5.58. The molecule has 1 heterocycles. The fourth-order valence-corrected chi connectivity index (χ4v) is 1.84. The second-order valence-corrected chi connectivity index (χ2v) is 4.19. The molecule has 0 bridgehead atoms. The van der Waals surface area contributed by atoms with E-state index in [-0.39, 0.29) is 0 Å². The van der Waals surface area contributed by atoms with Crippen LogP contribution in [0.25, 0.3) is 5.69 Å². The van der Waals surface area contributed by atoms with E-state index in [4.69, 9.17) is 17.3 Å². The molecule has 3 nitrogen and oxygen atoms in total. The number of aryl methyl sites for hydroxylation is 1. The van der Waals surface area contributed by atoms with Crippen molar-refractivity contribution in [3.05, 3.63) is 46.7 Å². The van der Waals surface area contributed by atoms with Crippen molar-refractivity contribution in [1.82, 2.24) is 9.78 Å². The molecule has 0 amide bonds. The van der Waals surface area contributed by atoms with Crippen LogP contribution in [-0.4, -0.2) is 16.3 Å². The Labute approximate surface area is 99.8 Å². The fraction of sp³-hybridized carbons (Fsp3) is 0.250. The van der Waals surface area contributed by atoms with E-state index >= 15 is 0 Å². The number of hydrogen-bond donors (Lipinski definition) is 1. The highest BCUT2D eigenvalue weighted by Gasteiger charge is 2.02. The van der Waals surface area contributed by atoms with Gasteiger partial charge in [-0.25, -0.2) is 4.68 Å². The van der Waals surface area contributed by atoms with Gasteiger partial charge in [0.25, 0.3) is 0 Å². The van der Waals surface area contributed by atoms with Crippen LogP contribution in [0.3, 0.4) is 0 Å². The van der Waals surface area contributed by atoms with Crippen molar-refractivity contribution in [3.8, 4) is 5.69 Å². The molecule has 0 aliphatic rings. The Morgan fingerprint density at radius 2 is 2.25 bits per heavy atom. The first kappa shape index (κ1) is 11.2. The van der Waals surface area contributed by atoms with Crippen LogP contribution in [0, 0.1) is 6.92 Å². The van der Waals surface area contributed by atoms with Gasteiger partial charge in [0, 0.05) is 6.20 Å². The zero-order valence-corrected chi connectivity index (χ0v) is 9.91. The predicted octanol–water partition coefficient (Wildman–Crippen LogP) is 2.34. The van der Waals surface area contributed by atoms with Crippen LogP contribution < -0.4 is 5.73 Å². The average Bonchev–Trinajstić information content (AvgIpc) is 2.68. The van der Waals surface area contributed by atoms with Crippen LogP contribution in [0.15, 0.2) is 30.6 Å². The second kappa shape index (κ2) is 4.68. The van der Waals surface area contributed by atoms with Crippen LogP contribution in [-0.2, 0) is 6.42 Å². The van der Waals surface area contributed by atoms with Crippen molar-refractivity contribution in [1.29, 1.82) is 0 Å². The molecule has 2 rings (SSSR count). The maximum Gasteiger partial charge on any atom is 0.0790 e. The SMILES string of the molecule is Cc1cc(-n2cc(Cl)cn2)ccc1CCN. The third-order valence-electron chi connectivity index (χ3n) is 2.56. The zero-order valence-electron chi connectivity index (χ0n) is 9.15. The van der Waals surface area contributed by atoms with Gasteiger partial charge in [0.1, 0.15) is 0 Å². The molecule has 84 valence electrons. The summed E-state index contributed by atoms with van der Waals surface area (Å²) in [7, 11) is 0. The van der Waals surface area contributed by atoms with Gasteiger partial charge in [-0.3, -0.25) is 0 Å². The molecule has 0 unspecified atom stereocenters. The molecule has 2 aromatic rings. The van der Waals surface area contributed by atoms with Crippen LogP contribution in [0.1, 0.15) is 11.1 Å². The van der Waals surface area contributed by atoms with E-state index in [9.17, 15) is 0 Å². The number of hydrogen-bond acceptors (Lipinski definition) is 2. The summed E-state index contributed by atoms with van der Waals surface area (Å²) in [5, 5.41) is 4.81. The van der Waals surface area contributed by atoms with Gasteiger partial charge in [-0.1, -0.05) is 17.7 Å². The minimum atomic E-state index is 0.642. The van der Waals surface area contributed by atoms with Gasteiger partial charge in [-0.2, -0.15) is 5.10 Å². The molecule has 0 aliphatic heterocycles. The standard InChI is InChI=1S/C12H14ClN3/c1-9-6-12(3-2-10(9)4-5-14)16-8-11(13)7-15-16/h2-3,6-8H,4-5,14H2,1H3. The number of halogens is 1. The molecule has 0 saturated heterocycles. The smallest absolute Gasteiger partial charge is 0.0790 e. The van der Waals surface area contributed by atoms with E-state index in [0.29, 0.717) is 11.6 Å². The lowest BCUT2D eigenvalue weighted by molar-refractivity contribution is 0.874. The third kappa shape index (κ3) is 2.26. The number of aromatic nitrogens is 2. The molecular weight excluding hydrogens is 222 g/mol. The lowest BCUT2D eigenvalue weighted by atomic mass is 10.1. The first-order valence-electron chi connectivity index (χ1n) is 5.21. The minimum absolute atomic E-state index is 0.642. The summed E-state index contributed by atoms with van der Waals surface area (Å²) in [5.74, 6) is 0. The first-order chi connectivity index (χ1) is 7.70. The van der Waals surface area contributed by atoms with Crippen molar-refractivity contribution in [3.63, 3.8) is 0 Å². The van der Waals surface area contributed by atoms with Crippen molar-refractivity contribution < 1.29 is 0 Å². The van der Waals surface area contributed by atoms with Crippen LogP contribution in [0.5, 0.6) is 0 Å². The molecule has 0 saturated carbocycles. The van der Waals surface area contributed by atoms with E-state index in [0.717, 1.165) is 12.1 Å². The number of rotatable bonds is 3. The Bertz CT molecular complexity index is 491. The normalized spacial score (nSPS) is 10.7. The molecule has 0 fully saturated rings. The van der Waals surface area contributed by atoms with Crippen LogP contribution >= 0.6 is 11.6 Å². The van der Waals surface area contributed by atoms with E-state index in [2.05, 4.69) is 24.2 Å².